The average Bonchev–Trinajstić information content (AvgIpc) is 1.97. The summed E-state index contributed by atoms with van der Waals surface area (Å²) in [7, 11) is 3.40. The van der Waals surface area contributed by atoms with E-state index in [4.69, 9.17) is 5.73 Å². The van der Waals surface area contributed by atoms with Crippen molar-refractivity contribution in [1.82, 2.24) is 10.2 Å². The van der Waals surface area contributed by atoms with Crippen LogP contribution >= 0.6 is 0 Å². The normalized spacial score (nSPS) is 9.17. The van der Waals surface area contributed by atoms with E-state index in [1.165, 1.54) is 4.90 Å². The molecule has 0 saturated carbocycles. The van der Waals surface area contributed by atoms with Crippen LogP contribution in [-0.2, 0) is 4.79 Å². The third-order valence-corrected chi connectivity index (χ3v) is 1.37. The maximum atomic E-state index is 11.0. The van der Waals surface area contributed by atoms with Crippen LogP contribution in [-0.4, -0.2) is 37.5 Å². The Morgan fingerprint density at radius 2 is 2.00 bits per heavy atom. The van der Waals surface area contributed by atoms with Crippen molar-refractivity contribution < 1.29 is 9.59 Å². The molecule has 0 spiro atoms. The summed E-state index contributed by atoms with van der Waals surface area (Å²) in [4.78, 5) is 22.7. The fourth-order valence-corrected chi connectivity index (χ4v) is 0.675. The largest absolute Gasteiger partial charge is 0.352 e. The molecule has 0 aromatic heterocycles. The number of nitrogens with one attached hydrogen (secondary N) is 1. The molecule has 70 valence electrons. The van der Waals surface area contributed by atoms with Crippen molar-refractivity contribution in [1.29, 1.82) is 0 Å². The number of amides is 3. The fourth-order valence-electron chi connectivity index (χ4n) is 0.675. The Kier molecular flexibility index (Phi) is 4.83. The second kappa shape index (κ2) is 5.40. The highest BCUT2D eigenvalue weighted by Crippen LogP contribution is 1.91. The first kappa shape index (κ1) is 10.7. The van der Waals surface area contributed by atoms with Crippen LogP contribution in [0.5, 0.6) is 0 Å². The zero-order valence-corrected chi connectivity index (χ0v) is 7.46. The summed E-state index contributed by atoms with van der Waals surface area (Å²) in [6.07, 6.45) is 1.06. The molecule has 0 aliphatic rings. The number of hydrogen-bond acceptors (Lipinski definition) is 2. The lowest BCUT2D eigenvalue weighted by molar-refractivity contribution is -0.128. The number of nitrogens with two attached hydrogens (primary N) is 1. The summed E-state index contributed by atoms with van der Waals surface area (Å²) in [5.41, 5.74) is 4.82. The van der Waals surface area contributed by atoms with Gasteiger partial charge in [-0.25, -0.2) is 4.79 Å². The van der Waals surface area contributed by atoms with Gasteiger partial charge in [-0.15, -0.1) is 0 Å². The zero-order chi connectivity index (χ0) is 9.56. The summed E-state index contributed by atoms with van der Waals surface area (Å²) >= 11 is 0. The number of urea groups is 1. The van der Waals surface area contributed by atoms with E-state index in [0.29, 0.717) is 19.4 Å². The molecule has 0 bridgehead atoms. The number of primary amides is 1. The molecule has 0 rings (SSSR count). The van der Waals surface area contributed by atoms with E-state index >= 15 is 0 Å². The van der Waals surface area contributed by atoms with E-state index < -0.39 is 6.03 Å². The van der Waals surface area contributed by atoms with Crippen LogP contribution in [0.4, 0.5) is 4.79 Å². The molecular formula is C7H15N3O2. The predicted molar refractivity (Wildman–Crippen MR) is 45.5 cm³/mol. The molecule has 5 nitrogen and oxygen atoms in total. The molecule has 0 aromatic carbocycles. The van der Waals surface area contributed by atoms with Gasteiger partial charge in [-0.05, 0) is 6.42 Å². The first-order valence-corrected chi connectivity index (χ1v) is 3.77. The maximum Gasteiger partial charge on any atom is 0.312 e. The first-order valence-electron chi connectivity index (χ1n) is 3.77. The Bertz CT molecular complexity index is 168. The van der Waals surface area contributed by atoms with Gasteiger partial charge < -0.3 is 16.0 Å². The number of nitrogens with zero attached hydrogens (tertiary/aromatic N) is 1. The predicted octanol–water partition coefficient (Wildman–Crippen LogP) is -0.477. The van der Waals surface area contributed by atoms with Crippen LogP contribution in [0.2, 0.25) is 0 Å². The lowest BCUT2D eigenvalue weighted by atomic mass is 10.3. The minimum absolute atomic E-state index is 0.0567. The van der Waals surface area contributed by atoms with Gasteiger partial charge in [-0.1, -0.05) is 0 Å². The standard InChI is InChI=1S/C7H15N3O2/c1-10(2)6(11)4-3-5-9-7(8)12/h3-5H2,1-2H3,(H3,8,9,12). The second-order valence-electron chi connectivity index (χ2n) is 2.68. The van der Waals surface area contributed by atoms with E-state index in [-0.39, 0.29) is 5.91 Å². The highest BCUT2D eigenvalue weighted by molar-refractivity contribution is 5.75. The minimum atomic E-state index is -0.549. The molecule has 0 atom stereocenters. The highest BCUT2D eigenvalue weighted by Gasteiger charge is 2.02. The molecule has 0 aliphatic heterocycles. The molecule has 0 aromatic rings. The summed E-state index contributed by atoms with van der Waals surface area (Å²) in [5.74, 6) is 0.0567. The molecular weight excluding hydrogens is 158 g/mol. The number of carbonyl (C=O) groups excluding carboxylic acids is 2. The van der Waals surface area contributed by atoms with Crippen molar-refractivity contribution in [3.63, 3.8) is 0 Å². The first-order chi connectivity index (χ1) is 5.54. The molecule has 12 heavy (non-hydrogen) atoms. The van der Waals surface area contributed by atoms with E-state index in [2.05, 4.69) is 5.32 Å². The van der Waals surface area contributed by atoms with Crippen molar-refractivity contribution >= 4 is 11.9 Å². The van der Waals surface area contributed by atoms with Crippen LogP contribution in [0, 0.1) is 0 Å². The van der Waals surface area contributed by atoms with Gasteiger partial charge in [-0.2, -0.15) is 0 Å². The molecule has 0 unspecified atom stereocenters. The van der Waals surface area contributed by atoms with Gasteiger partial charge in [0.1, 0.15) is 0 Å². The Balaban J connectivity index is 3.32. The van der Waals surface area contributed by atoms with Gasteiger partial charge in [0, 0.05) is 27.1 Å². The Morgan fingerprint density at radius 1 is 1.42 bits per heavy atom. The second-order valence-corrected chi connectivity index (χ2v) is 2.68. The summed E-state index contributed by atoms with van der Waals surface area (Å²) in [5, 5.41) is 2.41. The monoisotopic (exact) mass is 173 g/mol. The molecule has 0 aliphatic carbocycles. The fraction of sp³-hybridized carbons (Fsp3) is 0.714. The van der Waals surface area contributed by atoms with Gasteiger partial charge in [-0.3, -0.25) is 4.79 Å². The molecule has 3 N–H and O–H groups in total. The molecule has 0 radical (unpaired) electrons. The lowest BCUT2D eigenvalue weighted by Gasteiger charge is -2.09. The van der Waals surface area contributed by atoms with E-state index in [0.717, 1.165) is 0 Å². The highest BCUT2D eigenvalue weighted by atomic mass is 16.2. The van der Waals surface area contributed by atoms with Gasteiger partial charge >= 0.3 is 6.03 Å². The summed E-state index contributed by atoms with van der Waals surface area (Å²) < 4.78 is 0. The maximum absolute atomic E-state index is 11.0. The topological polar surface area (TPSA) is 75.4 Å². The van der Waals surface area contributed by atoms with Crippen LogP contribution in [0.25, 0.3) is 0 Å². The van der Waals surface area contributed by atoms with Gasteiger partial charge in [0.05, 0.1) is 0 Å². The van der Waals surface area contributed by atoms with E-state index in [9.17, 15) is 9.59 Å². The average molecular weight is 173 g/mol. The quantitative estimate of drug-likeness (QED) is 0.563. The van der Waals surface area contributed by atoms with Crippen molar-refractivity contribution in [2.45, 2.75) is 12.8 Å². The van der Waals surface area contributed by atoms with Crippen molar-refractivity contribution in [3.8, 4) is 0 Å². The van der Waals surface area contributed by atoms with Crippen LogP contribution in [0.3, 0.4) is 0 Å². The molecule has 0 saturated heterocycles. The Morgan fingerprint density at radius 3 is 2.42 bits per heavy atom. The van der Waals surface area contributed by atoms with E-state index in [1.807, 2.05) is 0 Å². The van der Waals surface area contributed by atoms with Crippen molar-refractivity contribution in [2.75, 3.05) is 20.6 Å². The third-order valence-electron chi connectivity index (χ3n) is 1.37. The number of carbonyl (C=O) groups is 2. The third kappa shape index (κ3) is 5.52. The summed E-state index contributed by atoms with van der Waals surface area (Å²) in [6.45, 7) is 0.453. The Labute approximate surface area is 71.9 Å². The van der Waals surface area contributed by atoms with Crippen LogP contribution < -0.4 is 11.1 Å². The molecule has 0 fully saturated rings. The van der Waals surface area contributed by atoms with Crippen molar-refractivity contribution in [2.24, 2.45) is 5.73 Å². The zero-order valence-electron chi connectivity index (χ0n) is 7.46. The molecule has 3 amide bonds. The number of hydrogen-bond donors (Lipinski definition) is 2. The lowest BCUT2D eigenvalue weighted by Crippen LogP contribution is -2.31. The van der Waals surface area contributed by atoms with Crippen LogP contribution in [0.15, 0.2) is 0 Å². The van der Waals surface area contributed by atoms with Gasteiger partial charge in [0.25, 0.3) is 0 Å². The molecule has 0 heterocycles. The Hall–Kier alpha value is -1.26. The van der Waals surface area contributed by atoms with Gasteiger partial charge in [0.15, 0.2) is 0 Å². The SMILES string of the molecule is CN(C)C(=O)CCCNC(N)=O. The molecule has 5 heteroatoms. The minimum Gasteiger partial charge on any atom is -0.352 e. The summed E-state index contributed by atoms with van der Waals surface area (Å²) in [6, 6.07) is -0.549. The van der Waals surface area contributed by atoms with Gasteiger partial charge in [0.2, 0.25) is 5.91 Å². The van der Waals surface area contributed by atoms with Crippen LogP contribution in [0.1, 0.15) is 12.8 Å². The van der Waals surface area contributed by atoms with Crippen molar-refractivity contribution in [3.05, 3.63) is 0 Å². The number of rotatable bonds is 4. The van der Waals surface area contributed by atoms with E-state index in [1.54, 1.807) is 14.1 Å². The smallest absolute Gasteiger partial charge is 0.312 e.